The molecule has 0 radical (unpaired) electrons. The number of nitrogens with zero attached hydrogens (tertiary/aromatic N) is 1. The fraction of sp³-hybridized carbons (Fsp3) is 0.909. The zero-order valence-corrected chi connectivity index (χ0v) is 10.9. The van der Waals surface area contributed by atoms with Crippen LogP contribution in [-0.2, 0) is 4.74 Å². The van der Waals surface area contributed by atoms with Crippen molar-refractivity contribution in [2.75, 3.05) is 13.6 Å². The Kier molecular flexibility index (Phi) is 5.75. The summed E-state index contributed by atoms with van der Waals surface area (Å²) in [5, 5.41) is 9.71. The first-order chi connectivity index (χ1) is 7.19. The van der Waals surface area contributed by atoms with Crippen molar-refractivity contribution < 1.29 is 14.6 Å². The summed E-state index contributed by atoms with van der Waals surface area (Å²) in [6, 6.07) is -0.307. The first-order valence-corrected chi connectivity index (χ1v) is 5.53. The molecule has 0 fully saturated rings. The molecule has 0 aliphatic rings. The molecule has 5 nitrogen and oxygen atoms in total. The molecule has 0 saturated heterocycles. The van der Waals surface area contributed by atoms with Gasteiger partial charge in [-0.05, 0) is 40.7 Å². The molecule has 2 unspecified atom stereocenters. The predicted octanol–water partition coefficient (Wildman–Crippen LogP) is 0.952. The predicted molar refractivity (Wildman–Crippen MR) is 63.1 cm³/mol. The van der Waals surface area contributed by atoms with Gasteiger partial charge in [0.25, 0.3) is 0 Å². The Balaban J connectivity index is 4.32. The van der Waals surface area contributed by atoms with E-state index in [0.29, 0.717) is 13.0 Å². The Hall–Kier alpha value is -0.810. The second kappa shape index (κ2) is 6.06. The molecule has 5 heteroatoms. The zero-order chi connectivity index (χ0) is 12.9. The van der Waals surface area contributed by atoms with Crippen molar-refractivity contribution >= 4 is 6.09 Å². The third-order valence-electron chi connectivity index (χ3n) is 2.31. The lowest BCUT2D eigenvalue weighted by Crippen LogP contribution is -2.45. The van der Waals surface area contributed by atoms with E-state index in [2.05, 4.69) is 0 Å². The van der Waals surface area contributed by atoms with Crippen molar-refractivity contribution in [1.29, 1.82) is 0 Å². The van der Waals surface area contributed by atoms with Gasteiger partial charge in [0.2, 0.25) is 0 Å². The number of ether oxygens (including phenoxy) is 1. The van der Waals surface area contributed by atoms with Crippen molar-refractivity contribution in [3.63, 3.8) is 0 Å². The average molecular weight is 232 g/mol. The highest BCUT2D eigenvalue weighted by Crippen LogP contribution is 2.12. The van der Waals surface area contributed by atoms with Gasteiger partial charge in [0, 0.05) is 7.05 Å². The van der Waals surface area contributed by atoms with Crippen molar-refractivity contribution in [3.05, 3.63) is 0 Å². The highest BCUT2D eigenvalue weighted by Gasteiger charge is 2.26. The first kappa shape index (κ1) is 15.2. The normalized spacial score (nSPS) is 15.4. The molecule has 16 heavy (non-hydrogen) atoms. The topological polar surface area (TPSA) is 75.8 Å². The summed E-state index contributed by atoms with van der Waals surface area (Å²) >= 11 is 0. The van der Waals surface area contributed by atoms with E-state index in [1.165, 1.54) is 4.90 Å². The van der Waals surface area contributed by atoms with Crippen LogP contribution in [0.4, 0.5) is 4.79 Å². The van der Waals surface area contributed by atoms with E-state index in [9.17, 15) is 9.90 Å². The number of rotatable bonds is 4. The maximum Gasteiger partial charge on any atom is 0.410 e. The van der Waals surface area contributed by atoms with Crippen LogP contribution in [0.15, 0.2) is 0 Å². The smallest absolute Gasteiger partial charge is 0.410 e. The lowest BCUT2D eigenvalue weighted by molar-refractivity contribution is 0.00461. The van der Waals surface area contributed by atoms with Crippen LogP contribution in [-0.4, -0.2) is 47.4 Å². The van der Waals surface area contributed by atoms with Crippen LogP contribution in [0.25, 0.3) is 0 Å². The van der Waals surface area contributed by atoms with Crippen LogP contribution >= 0.6 is 0 Å². The van der Waals surface area contributed by atoms with Crippen LogP contribution in [0.5, 0.6) is 0 Å². The molecule has 0 aromatic heterocycles. The van der Waals surface area contributed by atoms with Gasteiger partial charge in [-0.25, -0.2) is 4.79 Å². The minimum atomic E-state index is -0.623. The zero-order valence-electron chi connectivity index (χ0n) is 10.9. The van der Waals surface area contributed by atoms with Crippen molar-refractivity contribution in [1.82, 2.24) is 4.90 Å². The molecule has 0 saturated carbocycles. The van der Waals surface area contributed by atoms with Crippen LogP contribution in [0.1, 0.15) is 34.1 Å². The number of hydrogen-bond donors (Lipinski definition) is 2. The minimum Gasteiger partial charge on any atom is -0.444 e. The SMILES string of the molecule is CC(C(O)CCN)N(C)C(=O)OC(C)(C)C. The van der Waals surface area contributed by atoms with Crippen LogP contribution < -0.4 is 5.73 Å². The highest BCUT2D eigenvalue weighted by molar-refractivity contribution is 5.68. The van der Waals surface area contributed by atoms with Gasteiger partial charge >= 0.3 is 6.09 Å². The summed E-state index contributed by atoms with van der Waals surface area (Å²) in [6.07, 6.45) is -0.590. The maximum absolute atomic E-state index is 11.7. The number of hydrogen-bond acceptors (Lipinski definition) is 4. The first-order valence-electron chi connectivity index (χ1n) is 5.53. The molecule has 0 heterocycles. The third kappa shape index (κ3) is 5.32. The average Bonchev–Trinajstić information content (AvgIpc) is 2.13. The number of aliphatic hydroxyl groups is 1. The van der Waals surface area contributed by atoms with Gasteiger partial charge in [-0.15, -0.1) is 0 Å². The summed E-state index contributed by atoms with van der Waals surface area (Å²) < 4.78 is 5.19. The quantitative estimate of drug-likeness (QED) is 0.756. The minimum absolute atomic E-state index is 0.307. The molecule has 3 N–H and O–H groups in total. The second-order valence-electron chi connectivity index (χ2n) is 4.98. The molecule has 0 bridgehead atoms. The van der Waals surface area contributed by atoms with Crippen molar-refractivity contribution in [2.24, 2.45) is 5.73 Å². The van der Waals surface area contributed by atoms with E-state index in [1.54, 1.807) is 34.7 Å². The second-order valence-corrected chi connectivity index (χ2v) is 4.98. The Labute approximate surface area is 97.6 Å². The number of aliphatic hydroxyl groups excluding tert-OH is 1. The number of likely N-dealkylation sites (N-methyl/N-ethyl adjacent to an activating group) is 1. The lowest BCUT2D eigenvalue weighted by Gasteiger charge is -2.31. The maximum atomic E-state index is 11.7. The van der Waals surface area contributed by atoms with Crippen molar-refractivity contribution in [2.45, 2.75) is 51.9 Å². The van der Waals surface area contributed by atoms with E-state index >= 15 is 0 Å². The molecule has 1 amide bonds. The molecular formula is C11H24N2O3. The Morgan fingerprint density at radius 3 is 2.38 bits per heavy atom. The fourth-order valence-corrected chi connectivity index (χ4v) is 1.17. The van der Waals surface area contributed by atoms with E-state index in [-0.39, 0.29) is 6.04 Å². The van der Waals surface area contributed by atoms with Gasteiger partial charge in [-0.2, -0.15) is 0 Å². The van der Waals surface area contributed by atoms with Gasteiger partial charge < -0.3 is 20.5 Å². The number of nitrogens with two attached hydrogens (primary N) is 1. The van der Waals surface area contributed by atoms with E-state index < -0.39 is 17.8 Å². The molecule has 2 atom stereocenters. The van der Waals surface area contributed by atoms with Gasteiger partial charge in [-0.1, -0.05) is 0 Å². The molecular weight excluding hydrogens is 208 g/mol. The molecule has 0 aliphatic heterocycles. The number of carbonyl (C=O) groups is 1. The summed E-state index contributed by atoms with van der Waals surface area (Å²) in [6.45, 7) is 7.58. The Morgan fingerprint density at radius 1 is 1.50 bits per heavy atom. The highest BCUT2D eigenvalue weighted by atomic mass is 16.6. The third-order valence-corrected chi connectivity index (χ3v) is 2.31. The van der Waals surface area contributed by atoms with Gasteiger partial charge in [-0.3, -0.25) is 0 Å². The molecule has 0 rings (SSSR count). The van der Waals surface area contributed by atoms with Crippen LogP contribution in [0.2, 0.25) is 0 Å². The Bertz CT molecular complexity index is 226. The summed E-state index contributed by atoms with van der Waals surface area (Å²) in [7, 11) is 1.61. The summed E-state index contributed by atoms with van der Waals surface area (Å²) in [4.78, 5) is 13.1. The van der Waals surface area contributed by atoms with Crippen LogP contribution in [0, 0.1) is 0 Å². The standard InChI is InChI=1S/C11H24N2O3/c1-8(9(14)6-7-12)13(5)10(15)16-11(2,3)4/h8-9,14H,6-7,12H2,1-5H3. The van der Waals surface area contributed by atoms with Crippen molar-refractivity contribution in [3.8, 4) is 0 Å². The van der Waals surface area contributed by atoms with Crippen LogP contribution in [0.3, 0.4) is 0 Å². The lowest BCUT2D eigenvalue weighted by atomic mass is 10.1. The van der Waals surface area contributed by atoms with Gasteiger partial charge in [0.15, 0.2) is 0 Å². The molecule has 0 aromatic rings. The number of carbonyl (C=O) groups excluding carboxylic acids is 1. The van der Waals surface area contributed by atoms with Gasteiger partial charge in [0.1, 0.15) is 5.60 Å². The largest absolute Gasteiger partial charge is 0.444 e. The molecule has 0 aliphatic carbocycles. The molecule has 96 valence electrons. The van der Waals surface area contributed by atoms with E-state index in [1.807, 2.05) is 0 Å². The molecule has 0 spiro atoms. The van der Waals surface area contributed by atoms with E-state index in [0.717, 1.165) is 0 Å². The number of amides is 1. The summed E-state index contributed by atoms with van der Waals surface area (Å²) in [5.74, 6) is 0. The summed E-state index contributed by atoms with van der Waals surface area (Å²) in [5.41, 5.74) is 4.83. The molecule has 0 aromatic carbocycles. The fourth-order valence-electron chi connectivity index (χ4n) is 1.17. The Morgan fingerprint density at radius 2 is 2.00 bits per heavy atom. The van der Waals surface area contributed by atoms with E-state index in [4.69, 9.17) is 10.5 Å². The van der Waals surface area contributed by atoms with Gasteiger partial charge in [0.05, 0.1) is 12.1 Å². The monoisotopic (exact) mass is 232 g/mol.